The van der Waals surface area contributed by atoms with Gasteiger partial charge >= 0.3 is 0 Å². The van der Waals surface area contributed by atoms with Crippen molar-refractivity contribution in [1.29, 1.82) is 0 Å². The van der Waals surface area contributed by atoms with E-state index in [2.05, 4.69) is 15.6 Å². The van der Waals surface area contributed by atoms with Crippen LogP contribution in [0.5, 0.6) is 0 Å². The number of aromatic nitrogens is 1. The predicted molar refractivity (Wildman–Crippen MR) is 92.6 cm³/mol. The molecule has 2 aromatic rings. The summed E-state index contributed by atoms with van der Waals surface area (Å²) in [6.45, 7) is 0.505. The van der Waals surface area contributed by atoms with E-state index in [0.717, 1.165) is 11.3 Å². The maximum absolute atomic E-state index is 12.9. The van der Waals surface area contributed by atoms with E-state index in [1.807, 2.05) is 6.07 Å². The topological polar surface area (TPSA) is 54.0 Å². The number of carbonyl (C=O) groups excluding carboxylic acids is 1. The summed E-state index contributed by atoms with van der Waals surface area (Å²) in [7, 11) is 0. The Hall–Kier alpha value is -2.43. The summed E-state index contributed by atoms with van der Waals surface area (Å²) in [5, 5.41) is 6.33. The molecule has 3 rings (SSSR count). The molecule has 1 amide bonds. The molecule has 1 saturated carbocycles. The van der Waals surface area contributed by atoms with Crippen molar-refractivity contribution in [3.63, 3.8) is 0 Å². The Balaban J connectivity index is 1.51. The Morgan fingerprint density at radius 1 is 1.17 bits per heavy atom. The molecule has 1 aromatic carbocycles. The highest BCUT2D eigenvalue weighted by atomic mass is 19.1. The summed E-state index contributed by atoms with van der Waals surface area (Å²) in [6, 6.07) is 8.66. The first-order valence-corrected chi connectivity index (χ1v) is 8.45. The fraction of sp³-hybridized carbons (Fsp3) is 0.368. The molecule has 126 valence electrons. The van der Waals surface area contributed by atoms with Crippen molar-refractivity contribution in [2.45, 2.75) is 38.1 Å². The van der Waals surface area contributed by atoms with Crippen molar-refractivity contribution in [2.75, 3.05) is 11.9 Å². The number of nitrogens with one attached hydrogen (secondary N) is 2. The van der Waals surface area contributed by atoms with E-state index in [-0.39, 0.29) is 11.7 Å². The molecule has 0 atom stereocenters. The highest BCUT2D eigenvalue weighted by molar-refractivity contribution is 5.94. The molecular formula is C19H22FN3O. The van der Waals surface area contributed by atoms with Crippen molar-refractivity contribution >= 4 is 11.6 Å². The lowest BCUT2D eigenvalue weighted by molar-refractivity contribution is 0.0954. The molecule has 1 aliphatic rings. The molecule has 5 heteroatoms. The van der Waals surface area contributed by atoms with Gasteiger partial charge in [-0.1, -0.05) is 25.0 Å². The third kappa shape index (κ3) is 4.54. The van der Waals surface area contributed by atoms with Crippen LogP contribution in [0.4, 0.5) is 10.1 Å². The second-order valence-electron chi connectivity index (χ2n) is 6.22. The van der Waals surface area contributed by atoms with E-state index in [1.54, 1.807) is 24.5 Å². The molecular weight excluding hydrogens is 305 g/mol. The number of nitrogens with zero attached hydrogens (tertiary/aromatic N) is 1. The van der Waals surface area contributed by atoms with Crippen molar-refractivity contribution in [1.82, 2.24) is 10.3 Å². The molecule has 1 heterocycles. The van der Waals surface area contributed by atoms with Gasteiger partial charge in [-0.05, 0) is 43.0 Å². The number of hydrogen-bond donors (Lipinski definition) is 2. The maximum atomic E-state index is 12.9. The number of amides is 1. The van der Waals surface area contributed by atoms with Crippen molar-refractivity contribution < 1.29 is 9.18 Å². The first-order chi connectivity index (χ1) is 11.7. The number of rotatable bonds is 6. The summed E-state index contributed by atoms with van der Waals surface area (Å²) < 4.78 is 12.9. The monoisotopic (exact) mass is 327 g/mol. The fourth-order valence-electron chi connectivity index (χ4n) is 3.02. The molecule has 1 aliphatic carbocycles. The molecule has 0 unspecified atom stereocenters. The summed E-state index contributed by atoms with van der Waals surface area (Å²) >= 11 is 0. The molecule has 4 nitrogen and oxygen atoms in total. The van der Waals surface area contributed by atoms with Gasteiger partial charge in [-0.25, -0.2) is 4.39 Å². The van der Waals surface area contributed by atoms with Crippen molar-refractivity contribution in [3.8, 4) is 0 Å². The summed E-state index contributed by atoms with van der Waals surface area (Å²) in [5.41, 5.74) is 2.44. The molecule has 0 saturated heterocycles. The van der Waals surface area contributed by atoms with Gasteiger partial charge in [-0.2, -0.15) is 0 Å². The zero-order chi connectivity index (χ0) is 16.8. The van der Waals surface area contributed by atoms with Crippen molar-refractivity contribution in [3.05, 3.63) is 59.7 Å². The summed E-state index contributed by atoms with van der Waals surface area (Å²) in [5.74, 6) is -0.389. The van der Waals surface area contributed by atoms with E-state index in [9.17, 15) is 9.18 Å². The Labute approximate surface area is 141 Å². The highest BCUT2D eigenvalue weighted by Gasteiger charge is 2.15. The maximum Gasteiger partial charge on any atom is 0.252 e. The molecule has 0 radical (unpaired) electrons. The zero-order valence-electron chi connectivity index (χ0n) is 13.6. The number of benzene rings is 1. The van der Waals surface area contributed by atoms with Crippen LogP contribution in [0.25, 0.3) is 0 Å². The van der Waals surface area contributed by atoms with Gasteiger partial charge in [0, 0.05) is 25.0 Å². The van der Waals surface area contributed by atoms with Crippen LogP contribution in [0.1, 0.15) is 41.6 Å². The van der Waals surface area contributed by atoms with Gasteiger partial charge in [0.15, 0.2) is 0 Å². The first-order valence-electron chi connectivity index (χ1n) is 8.45. The van der Waals surface area contributed by atoms with Crippen LogP contribution in [0.3, 0.4) is 0 Å². The average Bonchev–Trinajstić information content (AvgIpc) is 3.10. The number of carbonyl (C=O) groups is 1. The standard InChI is InChI=1S/C19H22FN3O/c20-16-7-5-14(6-8-16)9-10-22-19(24)15-11-18(13-21-12-15)23-17-3-1-2-4-17/h5-8,11-13,17,23H,1-4,9-10H2,(H,22,24). The van der Waals surface area contributed by atoms with Gasteiger partial charge in [-0.15, -0.1) is 0 Å². The minimum Gasteiger partial charge on any atom is -0.381 e. The smallest absolute Gasteiger partial charge is 0.252 e. The largest absolute Gasteiger partial charge is 0.381 e. The van der Waals surface area contributed by atoms with Crippen molar-refractivity contribution in [2.24, 2.45) is 0 Å². The van der Waals surface area contributed by atoms with Crippen LogP contribution in [0, 0.1) is 5.82 Å². The molecule has 2 N–H and O–H groups in total. The number of halogens is 1. The van der Waals surface area contributed by atoms with Gasteiger partial charge in [0.05, 0.1) is 11.3 Å². The average molecular weight is 327 g/mol. The van der Waals surface area contributed by atoms with Crippen LogP contribution in [-0.4, -0.2) is 23.5 Å². The zero-order valence-corrected chi connectivity index (χ0v) is 13.6. The lowest BCUT2D eigenvalue weighted by Gasteiger charge is -2.13. The van der Waals surface area contributed by atoms with Gasteiger partial charge < -0.3 is 10.6 Å². The Morgan fingerprint density at radius 3 is 2.67 bits per heavy atom. The number of pyridine rings is 1. The molecule has 0 bridgehead atoms. The molecule has 0 spiro atoms. The first kappa shape index (κ1) is 16.4. The number of anilines is 1. The third-order valence-corrected chi connectivity index (χ3v) is 4.34. The van der Waals surface area contributed by atoms with E-state index in [0.29, 0.717) is 24.6 Å². The van der Waals surface area contributed by atoms with Crippen LogP contribution in [0.15, 0.2) is 42.7 Å². The van der Waals surface area contributed by atoms with Gasteiger partial charge in [0.1, 0.15) is 5.82 Å². The molecule has 0 aliphatic heterocycles. The Bertz CT molecular complexity index is 681. The van der Waals surface area contributed by atoms with Crippen LogP contribution < -0.4 is 10.6 Å². The van der Waals surface area contributed by atoms with Gasteiger partial charge in [-0.3, -0.25) is 9.78 Å². The second-order valence-corrected chi connectivity index (χ2v) is 6.22. The van der Waals surface area contributed by atoms with Gasteiger partial charge in [0.2, 0.25) is 0 Å². The van der Waals surface area contributed by atoms with E-state index in [1.165, 1.54) is 37.8 Å². The minimum atomic E-state index is -0.250. The van der Waals surface area contributed by atoms with Crippen LogP contribution in [-0.2, 0) is 6.42 Å². The lowest BCUT2D eigenvalue weighted by Crippen LogP contribution is -2.26. The normalized spacial score (nSPS) is 14.5. The highest BCUT2D eigenvalue weighted by Crippen LogP contribution is 2.22. The van der Waals surface area contributed by atoms with E-state index in [4.69, 9.17) is 0 Å². The van der Waals surface area contributed by atoms with Crippen LogP contribution >= 0.6 is 0 Å². The third-order valence-electron chi connectivity index (χ3n) is 4.34. The van der Waals surface area contributed by atoms with E-state index >= 15 is 0 Å². The van der Waals surface area contributed by atoms with Crippen LogP contribution in [0.2, 0.25) is 0 Å². The van der Waals surface area contributed by atoms with E-state index < -0.39 is 0 Å². The fourth-order valence-corrected chi connectivity index (χ4v) is 3.02. The minimum absolute atomic E-state index is 0.139. The Kier molecular flexibility index (Phi) is 5.41. The molecule has 1 fully saturated rings. The quantitative estimate of drug-likeness (QED) is 0.853. The lowest BCUT2D eigenvalue weighted by atomic mass is 10.1. The predicted octanol–water partition coefficient (Wildman–Crippen LogP) is 3.55. The summed E-state index contributed by atoms with van der Waals surface area (Å²) in [4.78, 5) is 16.4. The Morgan fingerprint density at radius 2 is 1.92 bits per heavy atom. The second kappa shape index (κ2) is 7.90. The molecule has 24 heavy (non-hydrogen) atoms. The number of hydrogen-bond acceptors (Lipinski definition) is 3. The molecule has 1 aromatic heterocycles. The summed E-state index contributed by atoms with van der Waals surface area (Å²) in [6.07, 6.45) is 8.87. The SMILES string of the molecule is O=C(NCCc1ccc(F)cc1)c1cncc(NC2CCCC2)c1. The van der Waals surface area contributed by atoms with Gasteiger partial charge in [0.25, 0.3) is 5.91 Å².